The maximum atomic E-state index is 13.0. The second-order valence-electron chi connectivity index (χ2n) is 8.05. The van der Waals surface area contributed by atoms with Gasteiger partial charge in [-0.15, -0.1) is 11.3 Å². The van der Waals surface area contributed by atoms with Gasteiger partial charge in [-0.25, -0.2) is 4.98 Å². The molecular formula is C20H31N3O2S. The number of amides is 2. The average Bonchev–Trinajstić information content (AvgIpc) is 3.30. The van der Waals surface area contributed by atoms with Crippen molar-refractivity contribution in [2.24, 2.45) is 5.92 Å². The topological polar surface area (TPSA) is 53.5 Å². The minimum atomic E-state index is -0.280. The van der Waals surface area contributed by atoms with Crippen LogP contribution in [0.3, 0.4) is 0 Å². The molecule has 0 spiro atoms. The summed E-state index contributed by atoms with van der Waals surface area (Å²) in [5.41, 5.74) is 0.942. The third-order valence-corrected chi connectivity index (χ3v) is 6.81. The number of likely N-dealkylation sites (tertiary alicyclic amines) is 1. The molecule has 1 aliphatic heterocycles. The van der Waals surface area contributed by atoms with Gasteiger partial charge in [-0.2, -0.15) is 0 Å². The van der Waals surface area contributed by atoms with Gasteiger partial charge in [0.25, 0.3) is 0 Å². The molecule has 144 valence electrons. The van der Waals surface area contributed by atoms with Crippen LogP contribution in [-0.2, 0) is 16.1 Å². The first-order valence-corrected chi connectivity index (χ1v) is 10.8. The van der Waals surface area contributed by atoms with E-state index in [2.05, 4.69) is 18.8 Å². The van der Waals surface area contributed by atoms with Gasteiger partial charge in [0.15, 0.2) is 0 Å². The van der Waals surface area contributed by atoms with Gasteiger partial charge in [-0.1, -0.05) is 33.1 Å². The van der Waals surface area contributed by atoms with Gasteiger partial charge in [0.1, 0.15) is 6.04 Å². The van der Waals surface area contributed by atoms with E-state index in [1.54, 1.807) is 16.2 Å². The summed E-state index contributed by atoms with van der Waals surface area (Å²) >= 11 is 1.65. The fraction of sp³-hybridized carbons (Fsp3) is 0.750. The van der Waals surface area contributed by atoms with Gasteiger partial charge in [0, 0.05) is 30.8 Å². The summed E-state index contributed by atoms with van der Waals surface area (Å²) in [6.07, 6.45) is 7.22. The molecule has 0 aromatic carbocycles. The number of carbonyl (C=O) groups excluding carboxylic acids is 2. The van der Waals surface area contributed by atoms with Crippen molar-refractivity contribution < 1.29 is 9.59 Å². The number of carbonyl (C=O) groups is 2. The van der Waals surface area contributed by atoms with Crippen LogP contribution >= 0.6 is 11.3 Å². The summed E-state index contributed by atoms with van der Waals surface area (Å²) in [6, 6.07) is -0.280. The first kappa shape index (κ1) is 19.3. The van der Waals surface area contributed by atoms with E-state index in [0.29, 0.717) is 12.5 Å². The molecular weight excluding hydrogens is 346 g/mol. The molecule has 1 aromatic heterocycles. The number of nitrogens with zero attached hydrogens (tertiary/aromatic N) is 3. The molecule has 5 nitrogen and oxygen atoms in total. The zero-order valence-electron chi connectivity index (χ0n) is 16.2. The SMILES string of the molecule is CC(C)c1nc(CN(C)C(=O)C2CCCN2C(=O)C2CCCCC2)cs1. The molecule has 0 bridgehead atoms. The van der Waals surface area contributed by atoms with Crippen LogP contribution in [-0.4, -0.2) is 46.2 Å². The first-order chi connectivity index (χ1) is 12.5. The lowest BCUT2D eigenvalue weighted by molar-refractivity contribution is -0.146. The quantitative estimate of drug-likeness (QED) is 0.784. The number of aromatic nitrogens is 1. The van der Waals surface area contributed by atoms with Gasteiger partial charge in [0.05, 0.1) is 17.2 Å². The smallest absolute Gasteiger partial charge is 0.245 e. The standard InChI is InChI=1S/C20H31N3O2S/c1-14(2)18-21-16(13-26-18)12-22(3)20(25)17-10-7-11-23(17)19(24)15-8-5-4-6-9-15/h13-15,17H,4-12H2,1-3H3. The van der Waals surface area contributed by atoms with Gasteiger partial charge in [0.2, 0.25) is 11.8 Å². The van der Waals surface area contributed by atoms with E-state index in [-0.39, 0.29) is 23.8 Å². The summed E-state index contributed by atoms with van der Waals surface area (Å²) < 4.78 is 0. The molecule has 6 heteroatoms. The van der Waals surface area contributed by atoms with Crippen molar-refractivity contribution in [3.05, 3.63) is 16.1 Å². The monoisotopic (exact) mass is 377 g/mol. The molecule has 1 aromatic rings. The Morgan fingerprint density at radius 2 is 1.96 bits per heavy atom. The van der Waals surface area contributed by atoms with Crippen LogP contribution in [0.15, 0.2) is 5.38 Å². The van der Waals surface area contributed by atoms with Crippen molar-refractivity contribution in [2.45, 2.75) is 77.3 Å². The first-order valence-electron chi connectivity index (χ1n) is 9.97. The van der Waals surface area contributed by atoms with Crippen molar-refractivity contribution in [1.82, 2.24) is 14.8 Å². The highest BCUT2D eigenvalue weighted by Crippen LogP contribution is 2.29. The molecule has 2 amide bonds. The lowest BCUT2D eigenvalue weighted by Gasteiger charge is -2.31. The summed E-state index contributed by atoms with van der Waals surface area (Å²) in [5, 5.41) is 3.15. The molecule has 1 saturated carbocycles. The zero-order valence-corrected chi connectivity index (χ0v) is 17.1. The number of thiazole rings is 1. The Balaban J connectivity index is 1.62. The van der Waals surface area contributed by atoms with Crippen LogP contribution in [0.5, 0.6) is 0 Å². The fourth-order valence-corrected chi connectivity index (χ4v) is 4.93. The molecule has 2 heterocycles. The van der Waals surface area contributed by atoms with E-state index in [9.17, 15) is 9.59 Å². The van der Waals surface area contributed by atoms with E-state index in [1.807, 2.05) is 17.3 Å². The molecule has 1 saturated heterocycles. The number of hydrogen-bond acceptors (Lipinski definition) is 4. The number of rotatable bonds is 5. The van der Waals surface area contributed by atoms with Gasteiger partial charge < -0.3 is 9.80 Å². The lowest BCUT2D eigenvalue weighted by atomic mass is 9.88. The number of likely N-dealkylation sites (N-methyl/N-ethyl adjacent to an activating group) is 1. The van der Waals surface area contributed by atoms with Crippen LogP contribution in [0.4, 0.5) is 0 Å². The second-order valence-corrected chi connectivity index (χ2v) is 8.94. The largest absolute Gasteiger partial charge is 0.338 e. The Morgan fingerprint density at radius 3 is 2.62 bits per heavy atom. The fourth-order valence-electron chi connectivity index (χ4n) is 4.11. The number of hydrogen-bond donors (Lipinski definition) is 0. The van der Waals surface area contributed by atoms with E-state index in [4.69, 9.17) is 0 Å². The molecule has 1 unspecified atom stereocenters. The van der Waals surface area contributed by atoms with E-state index >= 15 is 0 Å². The predicted octanol–water partition coefficient (Wildman–Crippen LogP) is 3.80. The Labute approximate surface area is 160 Å². The van der Waals surface area contributed by atoms with Crippen molar-refractivity contribution >= 4 is 23.2 Å². The summed E-state index contributed by atoms with van der Waals surface area (Å²) in [4.78, 5) is 34.2. The molecule has 0 N–H and O–H groups in total. The molecule has 0 radical (unpaired) electrons. The van der Waals surface area contributed by atoms with Crippen molar-refractivity contribution in [3.63, 3.8) is 0 Å². The molecule has 1 aliphatic carbocycles. The Hall–Kier alpha value is -1.43. The van der Waals surface area contributed by atoms with Crippen molar-refractivity contribution in [2.75, 3.05) is 13.6 Å². The Kier molecular flexibility index (Phi) is 6.33. The van der Waals surface area contributed by atoms with Gasteiger partial charge >= 0.3 is 0 Å². The van der Waals surface area contributed by atoms with Crippen LogP contribution in [0.2, 0.25) is 0 Å². The zero-order chi connectivity index (χ0) is 18.7. The highest BCUT2D eigenvalue weighted by molar-refractivity contribution is 7.09. The van der Waals surface area contributed by atoms with Crippen molar-refractivity contribution in [1.29, 1.82) is 0 Å². The second kappa shape index (κ2) is 8.51. The lowest BCUT2D eigenvalue weighted by Crippen LogP contribution is -2.48. The van der Waals surface area contributed by atoms with Crippen molar-refractivity contribution in [3.8, 4) is 0 Å². The maximum Gasteiger partial charge on any atom is 0.245 e. The molecule has 1 atom stereocenters. The van der Waals surface area contributed by atoms with Crippen LogP contribution in [0.25, 0.3) is 0 Å². The summed E-state index contributed by atoms with van der Waals surface area (Å²) in [6.45, 7) is 5.51. The van der Waals surface area contributed by atoms with E-state index < -0.39 is 0 Å². The molecule has 2 fully saturated rings. The van der Waals surface area contributed by atoms with Crippen LogP contribution in [0.1, 0.15) is 75.4 Å². The highest BCUT2D eigenvalue weighted by atomic mass is 32.1. The minimum absolute atomic E-state index is 0.0609. The van der Waals surface area contributed by atoms with Crippen LogP contribution in [0, 0.1) is 5.92 Å². The van der Waals surface area contributed by atoms with E-state index in [0.717, 1.165) is 55.8 Å². The Bertz CT molecular complexity index is 637. The molecule has 26 heavy (non-hydrogen) atoms. The van der Waals surface area contributed by atoms with E-state index in [1.165, 1.54) is 6.42 Å². The summed E-state index contributed by atoms with van der Waals surface area (Å²) in [7, 11) is 1.83. The Morgan fingerprint density at radius 1 is 1.23 bits per heavy atom. The van der Waals surface area contributed by atoms with Gasteiger partial charge in [-0.05, 0) is 25.7 Å². The highest BCUT2D eigenvalue weighted by Gasteiger charge is 2.38. The average molecular weight is 378 g/mol. The normalized spacial score (nSPS) is 21.4. The maximum absolute atomic E-state index is 13.0. The minimum Gasteiger partial charge on any atom is -0.338 e. The molecule has 3 rings (SSSR count). The predicted molar refractivity (Wildman–Crippen MR) is 104 cm³/mol. The van der Waals surface area contributed by atoms with Gasteiger partial charge in [-0.3, -0.25) is 9.59 Å². The summed E-state index contributed by atoms with van der Waals surface area (Å²) in [5.74, 6) is 0.818. The van der Waals surface area contributed by atoms with Crippen LogP contribution < -0.4 is 0 Å². The third kappa shape index (κ3) is 4.27. The molecule has 2 aliphatic rings. The third-order valence-electron chi connectivity index (χ3n) is 5.61.